The van der Waals surface area contributed by atoms with Crippen LogP contribution in [0.2, 0.25) is 0 Å². The maximum Gasteiger partial charge on any atom is 0.187 e. The van der Waals surface area contributed by atoms with Crippen molar-refractivity contribution in [3.63, 3.8) is 0 Å². The molecule has 2 rings (SSSR count). The van der Waals surface area contributed by atoms with Gasteiger partial charge in [-0.3, -0.25) is 5.43 Å². The highest BCUT2D eigenvalue weighted by atomic mass is 32.1. The molecule has 3 nitrogen and oxygen atoms in total. The predicted molar refractivity (Wildman–Crippen MR) is 92.3 cm³/mol. The molecular formula is C17H19N3S. The fraction of sp³-hybridized carbons (Fsp3) is 0.176. The van der Waals surface area contributed by atoms with Gasteiger partial charge in [0.05, 0.1) is 5.71 Å². The van der Waals surface area contributed by atoms with E-state index in [1.54, 1.807) is 0 Å². The van der Waals surface area contributed by atoms with Crippen LogP contribution >= 0.6 is 12.2 Å². The third-order valence-corrected chi connectivity index (χ3v) is 3.27. The highest BCUT2D eigenvalue weighted by molar-refractivity contribution is 7.80. The van der Waals surface area contributed by atoms with Crippen molar-refractivity contribution in [2.45, 2.75) is 19.9 Å². The summed E-state index contributed by atoms with van der Waals surface area (Å²) in [5.74, 6) is 0. The number of nitrogens with one attached hydrogen (secondary N) is 2. The van der Waals surface area contributed by atoms with E-state index in [0.717, 1.165) is 17.7 Å². The Kier molecular flexibility index (Phi) is 5.91. The monoisotopic (exact) mass is 297 g/mol. The SMILES string of the molecule is CC/C(=N/NC(=S)NCc1ccccc1)c1ccccc1. The van der Waals surface area contributed by atoms with Gasteiger partial charge in [-0.15, -0.1) is 0 Å². The molecule has 21 heavy (non-hydrogen) atoms. The van der Waals surface area contributed by atoms with E-state index in [4.69, 9.17) is 12.2 Å². The normalized spacial score (nSPS) is 11.0. The van der Waals surface area contributed by atoms with Crippen LogP contribution < -0.4 is 10.7 Å². The summed E-state index contributed by atoms with van der Waals surface area (Å²) in [5.41, 5.74) is 6.19. The minimum atomic E-state index is 0.528. The molecular weight excluding hydrogens is 278 g/mol. The van der Waals surface area contributed by atoms with Crippen LogP contribution in [0.1, 0.15) is 24.5 Å². The van der Waals surface area contributed by atoms with Gasteiger partial charge in [-0.1, -0.05) is 67.6 Å². The lowest BCUT2D eigenvalue weighted by molar-refractivity contribution is 0.864. The number of hydrogen-bond acceptors (Lipinski definition) is 2. The third-order valence-electron chi connectivity index (χ3n) is 3.03. The van der Waals surface area contributed by atoms with Gasteiger partial charge in [-0.05, 0) is 29.8 Å². The summed E-state index contributed by atoms with van der Waals surface area (Å²) in [4.78, 5) is 0. The molecule has 0 aromatic heterocycles. The van der Waals surface area contributed by atoms with E-state index in [9.17, 15) is 0 Å². The van der Waals surface area contributed by atoms with Crippen LogP contribution in [0.5, 0.6) is 0 Å². The summed E-state index contributed by atoms with van der Waals surface area (Å²) in [5, 5.41) is 8.06. The topological polar surface area (TPSA) is 36.4 Å². The van der Waals surface area contributed by atoms with Gasteiger partial charge in [-0.2, -0.15) is 5.10 Å². The van der Waals surface area contributed by atoms with Crippen LogP contribution in [0.3, 0.4) is 0 Å². The van der Waals surface area contributed by atoms with Crippen molar-refractivity contribution < 1.29 is 0 Å². The number of hydrogen-bond donors (Lipinski definition) is 2. The molecule has 0 spiro atoms. The first-order valence-corrected chi connectivity index (χ1v) is 7.40. The molecule has 0 heterocycles. The summed E-state index contributed by atoms with van der Waals surface area (Å²) in [6, 6.07) is 20.2. The second-order valence-electron chi connectivity index (χ2n) is 4.56. The van der Waals surface area contributed by atoms with Crippen molar-refractivity contribution in [1.29, 1.82) is 0 Å². The zero-order valence-corrected chi connectivity index (χ0v) is 12.9. The lowest BCUT2D eigenvalue weighted by Gasteiger charge is -2.09. The molecule has 4 heteroatoms. The quantitative estimate of drug-likeness (QED) is 0.504. The number of benzene rings is 2. The zero-order valence-electron chi connectivity index (χ0n) is 12.0. The molecule has 2 aromatic rings. The van der Waals surface area contributed by atoms with Crippen LogP contribution in [0.15, 0.2) is 65.8 Å². The van der Waals surface area contributed by atoms with Gasteiger partial charge in [-0.25, -0.2) is 0 Å². The minimum absolute atomic E-state index is 0.528. The molecule has 0 radical (unpaired) electrons. The average Bonchev–Trinajstić information content (AvgIpc) is 2.55. The maximum absolute atomic E-state index is 5.24. The first-order valence-electron chi connectivity index (χ1n) is 6.99. The summed E-state index contributed by atoms with van der Waals surface area (Å²) < 4.78 is 0. The number of thiocarbonyl (C=S) groups is 1. The first kappa shape index (κ1) is 15.2. The molecule has 108 valence electrons. The Morgan fingerprint density at radius 3 is 2.24 bits per heavy atom. The molecule has 0 saturated carbocycles. The molecule has 0 atom stereocenters. The Morgan fingerprint density at radius 2 is 1.62 bits per heavy atom. The average molecular weight is 297 g/mol. The Bertz CT molecular complexity index is 594. The van der Waals surface area contributed by atoms with Crippen LogP contribution in [0, 0.1) is 0 Å². The molecule has 0 unspecified atom stereocenters. The Balaban J connectivity index is 1.88. The van der Waals surface area contributed by atoms with Crippen LogP contribution in [-0.2, 0) is 6.54 Å². The molecule has 0 aliphatic rings. The smallest absolute Gasteiger partial charge is 0.187 e. The van der Waals surface area contributed by atoms with Crippen molar-refractivity contribution in [1.82, 2.24) is 10.7 Å². The molecule has 2 aromatic carbocycles. The standard InChI is InChI=1S/C17H19N3S/c1-2-16(15-11-7-4-8-12-15)19-20-17(21)18-13-14-9-5-3-6-10-14/h3-12H,2,13H2,1H3,(H2,18,20,21)/b19-16-. The molecule has 0 bridgehead atoms. The van der Waals surface area contributed by atoms with Gasteiger partial charge in [0.15, 0.2) is 5.11 Å². The maximum atomic E-state index is 5.24. The van der Waals surface area contributed by atoms with E-state index in [-0.39, 0.29) is 0 Å². The van der Waals surface area contributed by atoms with Gasteiger partial charge >= 0.3 is 0 Å². The Labute approximate surface area is 131 Å². The summed E-state index contributed by atoms with van der Waals surface area (Å²) in [6.45, 7) is 2.77. The summed E-state index contributed by atoms with van der Waals surface area (Å²) >= 11 is 5.24. The third kappa shape index (κ3) is 5.00. The fourth-order valence-electron chi connectivity index (χ4n) is 1.91. The second-order valence-corrected chi connectivity index (χ2v) is 4.97. The Hall–Kier alpha value is -2.20. The molecule has 2 N–H and O–H groups in total. The van der Waals surface area contributed by atoms with E-state index in [1.165, 1.54) is 5.56 Å². The number of rotatable bonds is 5. The van der Waals surface area contributed by atoms with Gasteiger partial charge in [0, 0.05) is 6.54 Å². The summed E-state index contributed by atoms with van der Waals surface area (Å²) in [6.07, 6.45) is 0.846. The predicted octanol–water partition coefficient (Wildman–Crippen LogP) is 3.47. The van der Waals surface area contributed by atoms with E-state index < -0.39 is 0 Å². The minimum Gasteiger partial charge on any atom is -0.357 e. The zero-order chi connectivity index (χ0) is 14.9. The lowest BCUT2D eigenvalue weighted by atomic mass is 10.1. The van der Waals surface area contributed by atoms with Crippen molar-refractivity contribution in [2.75, 3.05) is 0 Å². The van der Waals surface area contributed by atoms with Gasteiger partial charge in [0.25, 0.3) is 0 Å². The fourth-order valence-corrected chi connectivity index (χ4v) is 2.03. The molecule has 0 aliphatic heterocycles. The van der Waals surface area contributed by atoms with Crippen LogP contribution in [0.25, 0.3) is 0 Å². The van der Waals surface area contributed by atoms with Crippen molar-refractivity contribution >= 4 is 23.0 Å². The first-order chi connectivity index (χ1) is 10.3. The van der Waals surface area contributed by atoms with Gasteiger partial charge in [0.2, 0.25) is 0 Å². The van der Waals surface area contributed by atoms with Crippen molar-refractivity contribution in [3.8, 4) is 0 Å². The molecule has 0 amide bonds. The highest BCUT2D eigenvalue weighted by Gasteiger charge is 2.01. The van der Waals surface area contributed by atoms with E-state index in [2.05, 4.69) is 34.9 Å². The second kappa shape index (κ2) is 8.17. The molecule has 0 saturated heterocycles. The van der Waals surface area contributed by atoms with Crippen LogP contribution in [-0.4, -0.2) is 10.8 Å². The largest absolute Gasteiger partial charge is 0.357 e. The highest BCUT2D eigenvalue weighted by Crippen LogP contribution is 2.03. The lowest BCUT2D eigenvalue weighted by Crippen LogP contribution is -2.32. The molecule has 0 fully saturated rings. The van der Waals surface area contributed by atoms with E-state index in [0.29, 0.717) is 11.7 Å². The van der Waals surface area contributed by atoms with E-state index >= 15 is 0 Å². The van der Waals surface area contributed by atoms with Crippen molar-refractivity contribution in [3.05, 3.63) is 71.8 Å². The number of nitrogens with zero attached hydrogens (tertiary/aromatic N) is 1. The van der Waals surface area contributed by atoms with E-state index in [1.807, 2.05) is 48.5 Å². The van der Waals surface area contributed by atoms with Crippen molar-refractivity contribution in [2.24, 2.45) is 5.10 Å². The van der Waals surface area contributed by atoms with Crippen LogP contribution in [0.4, 0.5) is 0 Å². The molecule has 0 aliphatic carbocycles. The Morgan fingerprint density at radius 1 is 1.00 bits per heavy atom. The summed E-state index contributed by atoms with van der Waals surface area (Å²) in [7, 11) is 0. The van der Waals surface area contributed by atoms with Gasteiger partial charge < -0.3 is 5.32 Å². The van der Waals surface area contributed by atoms with Gasteiger partial charge in [0.1, 0.15) is 0 Å². The number of hydrazone groups is 1.